The van der Waals surface area contributed by atoms with Gasteiger partial charge >= 0.3 is 5.69 Å². The number of aromatic nitrogens is 2. The molecule has 0 aliphatic heterocycles. The number of benzene rings is 2. The topological polar surface area (TPSA) is 73.1 Å². The zero-order valence-corrected chi connectivity index (χ0v) is 17.0. The summed E-state index contributed by atoms with van der Waals surface area (Å²) in [5.74, 6) is -1.39. The van der Waals surface area contributed by atoms with E-state index in [0.717, 1.165) is 4.57 Å². The summed E-state index contributed by atoms with van der Waals surface area (Å²) in [4.78, 5) is 36.5. The highest BCUT2D eigenvalue weighted by molar-refractivity contribution is 5.91. The number of halogens is 2. The largest absolute Gasteiger partial charge is 0.345 e. The molecule has 1 amide bonds. The Hall–Kier alpha value is -3.81. The maximum absolute atomic E-state index is 13.7. The third-order valence-corrected chi connectivity index (χ3v) is 4.78. The van der Waals surface area contributed by atoms with E-state index in [4.69, 9.17) is 0 Å². The molecule has 3 rings (SSSR count). The highest BCUT2D eigenvalue weighted by Gasteiger charge is 2.16. The smallest absolute Gasteiger partial charge is 0.330 e. The Morgan fingerprint density at radius 1 is 1.06 bits per heavy atom. The van der Waals surface area contributed by atoms with Crippen molar-refractivity contribution in [3.63, 3.8) is 0 Å². The van der Waals surface area contributed by atoms with Gasteiger partial charge in [0.2, 0.25) is 5.91 Å². The number of hydrogen-bond acceptors (Lipinski definition) is 3. The number of nitrogens with one attached hydrogen (secondary N) is 1. The number of amides is 1. The Kier molecular flexibility index (Phi) is 6.59. The van der Waals surface area contributed by atoms with Crippen LogP contribution >= 0.6 is 0 Å². The molecular formula is C23H21F2N3O3. The summed E-state index contributed by atoms with van der Waals surface area (Å²) in [6.45, 7) is 0. The van der Waals surface area contributed by atoms with E-state index in [1.165, 1.54) is 67.3 Å². The van der Waals surface area contributed by atoms with Crippen LogP contribution in [0.4, 0.5) is 8.78 Å². The molecule has 0 aliphatic carbocycles. The predicted octanol–water partition coefficient (Wildman–Crippen LogP) is 2.48. The van der Waals surface area contributed by atoms with Crippen molar-refractivity contribution in [2.45, 2.75) is 12.5 Å². The van der Waals surface area contributed by atoms with E-state index in [2.05, 4.69) is 5.32 Å². The van der Waals surface area contributed by atoms with Gasteiger partial charge in [-0.05, 0) is 47.9 Å². The fourth-order valence-electron chi connectivity index (χ4n) is 3.21. The summed E-state index contributed by atoms with van der Waals surface area (Å²) in [6.07, 6.45) is 4.05. The lowest BCUT2D eigenvalue weighted by molar-refractivity contribution is -0.117. The zero-order valence-electron chi connectivity index (χ0n) is 17.0. The van der Waals surface area contributed by atoms with E-state index < -0.39 is 34.8 Å². The average Bonchev–Trinajstić information content (AvgIpc) is 2.73. The Balaban J connectivity index is 1.85. The Bertz CT molecular complexity index is 1260. The minimum Gasteiger partial charge on any atom is -0.345 e. The minimum atomic E-state index is -0.627. The molecule has 8 heteroatoms. The fraction of sp³-hybridized carbons (Fsp3) is 0.174. The SMILES string of the molecule is Cn1cc(/C=C/C(=O)NC(Cc2cccc(F)c2)c2cccc(F)c2)c(=O)n(C)c1=O. The van der Waals surface area contributed by atoms with Crippen molar-refractivity contribution in [3.05, 3.63) is 110 Å². The molecule has 0 bridgehead atoms. The van der Waals surface area contributed by atoms with Gasteiger partial charge in [-0.25, -0.2) is 13.6 Å². The summed E-state index contributed by atoms with van der Waals surface area (Å²) < 4.78 is 29.5. The summed E-state index contributed by atoms with van der Waals surface area (Å²) in [7, 11) is 2.85. The standard InChI is InChI=1S/C23H21F2N3O3/c1-27-14-17(22(30)28(2)23(27)31)9-10-21(29)26-20(16-6-4-8-19(25)13-16)12-15-5-3-7-18(24)11-15/h3-11,13-14,20H,12H2,1-2H3,(H,26,29)/b10-9+. The third-order valence-electron chi connectivity index (χ3n) is 4.78. The lowest BCUT2D eigenvalue weighted by atomic mass is 9.98. The first kappa shape index (κ1) is 21.9. The van der Waals surface area contributed by atoms with Crippen LogP contribution < -0.4 is 16.6 Å². The molecule has 6 nitrogen and oxygen atoms in total. The summed E-state index contributed by atoms with van der Waals surface area (Å²) >= 11 is 0. The van der Waals surface area contributed by atoms with Crippen molar-refractivity contribution < 1.29 is 13.6 Å². The van der Waals surface area contributed by atoms with E-state index in [1.807, 2.05) is 0 Å². The maximum atomic E-state index is 13.7. The molecule has 1 heterocycles. The lowest BCUT2D eigenvalue weighted by Crippen LogP contribution is -2.37. The van der Waals surface area contributed by atoms with Gasteiger partial charge in [-0.15, -0.1) is 0 Å². The molecule has 0 radical (unpaired) electrons. The highest BCUT2D eigenvalue weighted by atomic mass is 19.1. The Morgan fingerprint density at radius 2 is 1.74 bits per heavy atom. The molecule has 1 N–H and O–H groups in total. The molecule has 0 fully saturated rings. The van der Waals surface area contributed by atoms with Crippen LogP contribution in [0, 0.1) is 11.6 Å². The number of hydrogen-bond donors (Lipinski definition) is 1. The molecule has 1 atom stereocenters. The van der Waals surface area contributed by atoms with E-state index in [1.54, 1.807) is 18.2 Å². The molecule has 2 aromatic carbocycles. The van der Waals surface area contributed by atoms with Gasteiger partial charge in [0.1, 0.15) is 11.6 Å². The molecule has 0 spiro atoms. The van der Waals surface area contributed by atoms with Gasteiger partial charge in [0, 0.05) is 26.4 Å². The van der Waals surface area contributed by atoms with Crippen LogP contribution in [0.5, 0.6) is 0 Å². The van der Waals surface area contributed by atoms with Crippen molar-refractivity contribution in [2.24, 2.45) is 14.1 Å². The molecule has 0 saturated carbocycles. The van der Waals surface area contributed by atoms with Crippen LogP contribution in [0.15, 0.2) is 70.4 Å². The molecule has 3 aromatic rings. The van der Waals surface area contributed by atoms with Crippen molar-refractivity contribution >= 4 is 12.0 Å². The maximum Gasteiger partial charge on any atom is 0.330 e. The Labute approximate surface area is 177 Å². The van der Waals surface area contributed by atoms with Crippen LogP contribution in [-0.4, -0.2) is 15.0 Å². The van der Waals surface area contributed by atoms with Gasteiger partial charge < -0.3 is 9.88 Å². The first-order valence-electron chi connectivity index (χ1n) is 9.50. The second-order valence-electron chi connectivity index (χ2n) is 7.13. The highest BCUT2D eigenvalue weighted by Crippen LogP contribution is 2.20. The van der Waals surface area contributed by atoms with Crippen LogP contribution in [0.3, 0.4) is 0 Å². The van der Waals surface area contributed by atoms with Gasteiger partial charge in [0.05, 0.1) is 11.6 Å². The molecule has 0 aliphatic rings. The van der Waals surface area contributed by atoms with E-state index in [9.17, 15) is 23.2 Å². The molecular weight excluding hydrogens is 404 g/mol. The van der Waals surface area contributed by atoms with Crippen LogP contribution in [0.2, 0.25) is 0 Å². The third kappa shape index (κ3) is 5.42. The minimum absolute atomic E-state index is 0.159. The average molecular weight is 425 g/mol. The van der Waals surface area contributed by atoms with Crippen molar-refractivity contribution in [1.29, 1.82) is 0 Å². The monoisotopic (exact) mass is 425 g/mol. The quantitative estimate of drug-likeness (QED) is 0.617. The summed E-state index contributed by atoms with van der Waals surface area (Å²) in [6, 6.07) is 11.1. The van der Waals surface area contributed by atoms with Gasteiger partial charge in [-0.2, -0.15) is 0 Å². The van der Waals surface area contributed by atoms with Crippen molar-refractivity contribution in [1.82, 2.24) is 14.5 Å². The second kappa shape index (κ2) is 9.34. The number of nitrogens with zero attached hydrogens (tertiary/aromatic N) is 2. The Morgan fingerprint density at radius 3 is 2.42 bits per heavy atom. The van der Waals surface area contributed by atoms with Gasteiger partial charge in [-0.1, -0.05) is 24.3 Å². The number of carbonyl (C=O) groups is 1. The molecule has 1 aromatic heterocycles. The fourth-order valence-corrected chi connectivity index (χ4v) is 3.21. The lowest BCUT2D eigenvalue weighted by Gasteiger charge is -2.19. The van der Waals surface area contributed by atoms with Crippen LogP contribution in [-0.2, 0) is 25.3 Å². The van der Waals surface area contributed by atoms with Crippen LogP contribution in [0.1, 0.15) is 22.7 Å². The number of aryl methyl sites for hydroxylation is 1. The number of carbonyl (C=O) groups excluding carboxylic acids is 1. The molecule has 1 unspecified atom stereocenters. The van der Waals surface area contributed by atoms with Crippen molar-refractivity contribution in [2.75, 3.05) is 0 Å². The second-order valence-corrected chi connectivity index (χ2v) is 7.13. The van der Waals surface area contributed by atoms with Gasteiger partial charge in [0.25, 0.3) is 5.56 Å². The van der Waals surface area contributed by atoms with Crippen LogP contribution in [0.25, 0.3) is 6.08 Å². The van der Waals surface area contributed by atoms with Gasteiger partial charge in [-0.3, -0.25) is 14.2 Å². The first-order chi connectivity index (χ1) is 14.7. The van der Waals surface area contributed by atoms with E-state index in [-0.39, 0.29) is 12.0 Å². The molecule has 160 valence electrons. The normalized spacial score (nSPS) is 12.1. The predicted molar refractivity (Wildman–Crippen MR) is 113 cm³/mol. The van der Waals surface area contributed by atoms with Gasteiger partial charge in [0.15, 0.2) is 0 Å². The zero-order chi connectivity index (χ0) is 22.5. The summed E-state index contributed by atoms with van der Waals surface area (Å²) in [5.41, 5.74) is 0.295. The first-order valence-corrected chi connectivity index (χ1v) is 9.50. The van der Waals surface area contributed by atoms with E-state index in [0.29, 0.717) is 11.1 Å². The molecule has 0 saturated heterocycles. The van der Waals surface area contributed by atoms with Crippen molar-refractivity contribution in [3.8, 4) is 0 Å². The molecule has 31 heavy (non-hydrogen) atoms. The number of rotatable bonds is 6. The summed E-state index contributed by atoms with van der Waals surface area (Å²) in [5, 5.41) is 2.77. The van der Waals surface area contributed by atoms with E-state index >= 15 is 0 Å².